The molecular weight excluding hydrogens is 604 g/mol. The van der Waals surface area contributed by atoms with E-state index in [4.69, 9.17) is 14.2 Å². The molecule has 3 rings (SSSR count). The van der Waals surface area contributed by atoms with Crippen molar-refractivity contribution in [2.75, 3.05) is 30.9 Å². The van der Waals surface area contributed by atoms with E-state index in [0.717, 1.165) is 25.3 Å². The molecule has 13 nitrogen and oxygen atoms in total. The molecule has 4 N–H and O–H groups in total. The predicted molar refractivity (Wildman–Crippen MR) is 167 cm³/mol. The number of hydrogen-bond acceptors (Lipinski definition) is 11. The average Bonchev–Trinajstić information content (AvgIpc) is 3.74. The molecule has 0 radical (unpaired) electrons. The second-order valence-electron chi connectivity index (χ2n) is 11.9. The summed E-state index contributed by atoms with van der Waals surface area (Å²) in [5.41, 5.74) is 0.372. The SMILES string of the molecule is C=C(C=CC)C1(Nc2nc(Nc3ccc(C(=O)NC(CNC(=O)OC(C)(C)C)CC(=O)OC)cc3)nc(OCC(C)(F)F)n2)CC1. The average molecular weight is 646 g/mol. The number of amides is 2. The number of aromatic nitrogens is 3. The highest BCUT2D eigenvalue weighted by atomic mass is 19.3. The number of nitrogens with zero attached hydrogens (tertiary/aromatic N) is 3. The van der Waals surface area contributed by atoms with Gasteiger partial charge in [-0.1, -0.05) is 18.7 Å². The van der Waals surface area contributed by atoms with E-state index in [1.54, 1.807) is 32.9 Å². The van der Waals surface area contributed by atoms with Crippen LogP contribution < -0.4 is 26.0 Å². The van der Waals surface area contributed by atoms with Crippen molar-refractivity contribution in [1.82, 2.24) is 25.6 Å². The first-order valence-corrected chi connectivity index (χ1v) is 14.6. The first-order chi connectivity index (χ1) is 21.5. The normalized spacial score (nSPS) is 14.5. The maximum Gasteiger partial charge on any atom is 0.407 e. The van der Waals surface area contributed by atoms with E-state index in [-0.39, 0.29) is 36.4 Å². The first kappa shape index (κ1) is 35.7. The van der Waals surface area contributed by atoms with Gasteiger partial charge in [-0.05, 0) is 70.4 Å². The molecule has 0 saturated heterocycles. The van der Waals surface area contributed by atoms with E-state index in [1.165, 1.54) is 19.2 Å². The number of carbonyl (C=O) groups excluding carboxylic acids is 3. The van der Waals surface area contributed by atoms with Gasteiger partial charge in [-0.3, -0.25) is 9.59 Å². The Hall–Kier alpha value is -4.82. The highest BCUT2D eigenvalue weighted by Crippen LogP contribution is 2.44. The van der Waals surface area contributed by atoms with Crippen molar-refractivity contribution in [2.24, 2.45) is 0 Å². The van der Waals surface area contributed by atoms with Crippen LogP contribution in [0.25, 0.3) is 0 Å². The number of anilines is 3. The molecule has 250 valence electrons. The fraction of sp³-hybridized carbons (Fsp3) is 0.484. The quantitative estimate of drug-likeness (QED) is 0.154. The Morgan fingerprint density at radius 2 is 1.72 bits per heavy atom. The maximum atomic E-state index is 13.5. The maximum absolute atomic E-state index is 13.5. The zero-order valence-corrected chi connectivity index (χ0v) is 26.8. The molecule has 1 fully saturated rings. The molecule has 1 atom stereocenters. The molecule has 1 unspecified atom stereocenters. The van der Waals surface area contributed by atoms with Gasteiger partial charge in [-0.25, -0.2) is 13.6 Å². The summed E-state index contributed by atoms with van der Waals surface area (Å²) in [6.45, 7) is 10.8. The lowest BCUT2D eigenvalue weighted by Crippen LogP contribution is -2.46. The van der Waals surface area contributed by atoms with Crippen molar-refractivity contribution < 1.29 is 37.4 Å². The molecule has 2 aromatic rings. The third kappa shape index (κ3) is 11.6. The van der Waals surface area contributed by atoms with E-state index in [2.05, 4.69) is 42.8 Å². The highest BCUT2D eigenvalue weighted by molar-refractivity contribution is 5.95. The van der Waals surface area contributed by atoms with Crippen LogP contribution in [0, 0.1) is 0 Å². The van der Waals surface area contributed by atoms with Gasteiger partial charge >= 0.3 is 18.1 Å². The molecule has 1 saturated carbocycles. The van der Waals surface area contributed by atoms with Crippen LogP contribution in [-0.4, -0.2) is 76.3 Å². The number of ether oxygens (including phenoxy) is 3. The van der Waals surface area contributed by atoms with Gasteiger partial charge in [0.15, 0.2) is 6.61 Å². The van der Waals surface area contributed by atoms with E-state index in [9.17, 15) is 23.2 Å². The summed E-state index contributed by atoms with van der Waals surface area (Å²) in [5.74, 6) is -4.06. The summed E-state index contributed by atoms with van der Waals surface area (Å²) in [4.78, 5) is 49.7. The van der Waals surface area contributed by atoms with Crippen molar-refractivity contribution in [1.29, 1.82) is 0 Å². The van der Waals surface area contributed by atoms with Crippen LogP contribution >= 0.6 is 0 Å². The number of alkyl halides is 2. The number of nitrogens with one attached hydrogen (secondary N) is 4. The highest BCUT2D eigenvalue weighted by Gasteiger charge is 2.45. The fourth-order valence-corrected chi connectivity index (χ4v) is 4.03. The minimum Gasteiger partial charge on any atom is -0.469 e. The molecule has 1 aromatic heterocycles. The number of methoxy groups -OCH3 is 1. The van der Waals surface area contributed by atoms with Gasteiger partial charge in [0.2, 0.25) is 11.9 Å². The number of alkyl carbamates (subject to hydrolysis) is 1. The van der Waals surface area contributed by atoms with Crippen LogP contribution in [-0.2, 0) is 14.3 Å². The number of halogens is 2. The Bertz CT molecular complexity index is 1430. The summed E-state index contributed by atoms with van der Waals surface area (Å²) in [6.07, 6.45) is 4.43. The second-order valence-corrected chi connectivity index (χ2v) is 11.9. The molecule has 0 spiro atoms. The zero-order valence-electron chi connectivity index (χ0n) is 26.8. The molecule has 46 heavy (non-hydrogen) atoms. The van der Waals surface area contributed by atoms with Crippen LogP contribution in [0.4, 0.5) is 31.2 Å². The van der Waals surface area contributed by atoms with Crippen molar-refractivity contribution >= 4 is 35.6 Å². The van der Waals surface area contributed by atoms with Crippen molar-refractivity contribution in [2.45, 2.75) is 77.0 Å². The summed E-state index contributed by atoms with van der Waals surface area (Å²) in [6, 6.07) is 5.11. The van der Waals surface area contributed by atoms with Gasteiger partial charge in [-0.15, -0.1) is 0 Å². The molecule has 1 aliphatic carbocycles. The Balaban J connectivity index is 1.73. The molecule has 1 heterocycles. The van der Waals surface area contributed by atoms with Crippen LogP contribution in [0.3, 0.4) is 0 Å². The largest absolute Gasteiger partial charge is 0.469 e. The molecule has 2 amide bonds. The number of allylic oxidation sites excluding steroid dienone is 1. The lowest BCUT2D eigenvalue weighted by atomic mass is 10.1. The van der Waals surface area contributed by atoms with Crippen LogP contribution in [0.15, 0.2) is 48.6 Å². The van der Waals surface area contributed by atoms with E-state index < -0.39 is 47.7 Å². The van der Waals surface area contributed by atoms with Gasteiger partial charge in [0.05, 0.1) is 25.1 Å². The van der Waals surface area contributed by atoms with Gasteiger partial charge in [0.1, 0.15) is 5.60 Å². The van der Waals surface area contributed by atoms with E-state index in [1.807, 2.05) is 19.1 Å². The Morgan fingerprint density at radius 1 is 1.07 bits per heavy atom. The molecule has 0 bridgehead atoms. The predicted octanol–water partition coefficient (Wildman–Crippen LogP) is 4.91. The standard InChI is InChI=1S/C31H41F2N7O6/c1-8-9-19(2)31(14-15-31)40-26-37-25(38-27(39-26)45-18-30(6,32)33)36-21-12-10-20(11-13-21)24(42)35-22(16-23(41)44-7)17-34-28(43)46-29(3,4)5/h8-13,22H,2,14-18H2,1,3-7H3,(H,34,43)(H,35,42)(H2,36,37,38,39,40). The van der Waals surface area contributed by atoms with Gasteiger partial charge in [0, 0.05) is 24.7 Å². The number of rotatable bonds is 15. The lowest BCUT2D eigenvalue weighted by molar-refractivity contribution is -0.141. The third-order valence-electron chi connectivity index (χ3n) is 6.42. The molecular formula is C31H41F2N7O6. The first-order valence-electron chi connectivity index (χ1n) is 14.6. The van der Waals surface area contributed by atoms with Crippen LogP contribution in [0.5, 0.6) is 6.01 Å². The number of benzene rings is 1. The third-order valence-corrected chi connectivity index (χ3v) is 6.42. The molecule has 0 aliphatic heterocycles. The van der Waals surface area contributed by atoms with Crippen molar-refractivity contribution in [3.63, 3.8) is 0 Å². The molecule has 1 aromatic carbocycles. The van der Waals surface area contributed by atoms with Crippen LogP contribution in [0.2, 0.25) is 0 Å². The number of esters is 1. The summed E-state index contributed by atoms with van der Waals surface area (Å²) in [5, 5.41) is 11.5. The summed E-state index contributed by atoms with van der Waals surface area (Å²) >= 11 is 0. The Labute approximate surface area is 266 Å². The number of carbonyl (C=O) groups is 3. The summed E-state index contributed by atoms with van der Waals surface area (Å²) < 4.78 is 42.1. The zero-order chi connectivity index (χ0) is 34.1. The number of hydrogen-bond donors (Lipinski definition) is 4. The lowest BCUT2D eigenvalue weighted by Gasteiger charge is -2.22. The fourth-order valence-electron chi connectivity index (χ4n) is 4.03. The smallest absolute Gasteiger partial charge is 0.407 e. The molecule has 1 aliphatic rings. The van der Waals surface area contributed by atoms with Crippen molar-refractivity contribution in [3.05, 3.63) is 54.1 Å². The van der Waals surface area contributed by atoms with E-state index >= 15 is 0 Å². The van der Waals surface area contributed by atoms with Crippen LogP contribution in [0.1, 0.15) is 64.2 Å². The van der Waals surface area contributed by atoms with Gasteiger partial charge < -0.3 is 35.5 Å². The molecule has 15 heteroatoms. The summed E-state index contributed by atoms with van der Waals surface area (Å²) in [7, 11) is 1.22. The van der Waals surface area contributed by atoms with Gasteiger partial charge in [0.25, 0.3) is 11.8 Å². The monoisotopic (exact) mass is 645 g/mol. The van der Waals surface area contributed by atoms with Gasteiger partial charge in [-0.2, -0.15) is 15.0 Å². The Morgan fingerprint density at radius 3 is 2.28 bits per heavy atom. The second kappa shape index (κ2) is 15.0. The minimum absolute atomic E-state index is 0.0166. The Kier molecular flexibility index (Phi) is 11.6. The van der Waals surface area contributed by atoms with E-state index in [0.29, 0.717) is 5.69 Å². The van der Waals surface area contributed by atoms with Crippen molar-refractivity contribution in [3.8, 4) is 6.01 Å². The topological polar surface area (TPSA) is 166 Å². The minimum atomic E-state index is -3.11.